The van der Waals surface area contributed by atoms with E-state index in [1.54, 1.807) is 0 Å². The van der Waals surface area contributed by atoms with Crippen LogP contribution in [0.4, 0.5) is 0 Å². The Morgan fingerprint density at radius 1 is 1.44 bits per heavy atom. The molecule has 1 heterocycles. The predicted molar refractivity (Wildman–Crippen MR) is 60.7 cm³/mol. The second-order valence-electron chi connectivity index (χ2n) is 4.15. The predicted octanol–water partition coefficient (Wildman–Crippen LogP) is 1.30. The number of carbonyl (C=O) groups is 1. The fourth-order valence-electron chi connectivity index (χ4n) is 2.02. The maximum Gasteiger partial charge on any atom is 0.141 e. The molecule has 2 unspecified atom stereocenters. The highest BCUT2D eigenvalue weighted by molar-refractivity contribution is 5.83. The summed E-state index contributed by atoms with van der Waals surface area (Å²) < 4.78 is 0. The van der Waals surface area contributed by atoms with Crippen LogP contribution in [0.3, 0.4) is 0 Å². The van der Waals surface area contributed by atoms with E-state index in [1.807, 2.05) is 30.3 Å². The number of hydrogen-bond acceptors (Lipinski definition) is 3. The minimum Gasteiger partial charge on any atom is -0.301 e. The first kappa shape index (κ1) is 10.8. The molecule has 0 bridgehead atoms. The first-order valence-corrected chi connectivity index (χ1v) is 5.49. The fourth-order valence-corrected chi connectivity index (χ4v) is 2.02. The lowest BCUT2D eigenvalue weighted by Gasteiger charge is -2.06. The van der Waals surface area contributed by atoms with Crippen molar-refractivity contribution in [2.24, 2.45) is 5.92 Å². The molecule has 1 fully saturated rings. The zero-order chi connectivity index (χ0) is 11.4. The minimum absolute atomic E-state index is 0.00450. The van der Waals surface area contributed by atoms with Crippen LogP contribution < -0.4 is 5.32 Å². The number of carbonyl (C=O) groups excluding carboxylic acids is 1. The van der Waals surface area contributed by atoms with Crippen LogP contribution in [0.15, 0.2) is 30.3 Å². The molecule has 0 aliphatic carbocycles. The van der Waals surface area contributed by atoms with Crippen LogP contribution in [0, 0.1) is 17.2 Å². The molecule has 1 aliphatic rings. The molecule has 82 valence electrons. The molecule has 1 aromatic carbocycles. The molecule has 1 N–H and O–H groups in total. The molecule has 0 spiro atoms. The lowest BCUT2D eigenvalue weighted by Crippen LogP contribution is -2.20. The molecule has 1 saturated heterocycles. The normalized spacial score (nSPS) is 23.9. The van der Waals surface area contributed by atoms with E-state index >= 15 is 0 Å². The number of nitriles is 1. The van der Waals surface area contributed by atoms with E-state index in [1.165, 1.54) is 0 Å². The summed E-state index contributed by atoms with van der Waals surface area (Å²) in [5, 5.41) is 11.8. The standard InChI is InChI=1S/C13H14N2O/c14-8-12-7-11(9-15-12)13(16)6-10-4-2-1-3-5-10/h1-5,11-12,15H,6-7,9H2. The van der Waals surface area contributed by atoms with E-state index in [9.17, 15) is 4.79 Å². The monoisotopic (exact) mass is 214 g/mol. The highest BCUT2D eigenvalue weighted by atomic mass is 16.1. The maximum absolute atomic E-state index is 11.9. The Morgan fingerprint density at radius 3 is 2.81 bits per heavy atom. The van der Waals surface area contributed by atoms with Crippen LogP contribution in [-0.4, -0.2) is 18.4 Å². The van der Waals surface area contributed by atoms with Crippen molar-refractivity contribution >= 4 is 5.78 Å². The maximum atomic E-state index is 11.9. The molecule has 1 aromatic rings. The Morgan fingerprint density at radius 2 is 2.19 bits per heavy atom. The molecule has 0 amide bonds. The average molecular weight is 214 g/mol. The van der Waals surface area contributed by atoms with Crippen molar-refractivity contribution in [3.63, 3.8) is 0 Å². The van der Waals surface area contributed by atoms with Gasteiger partial charge in [0.05, 0.1) is 12.1 Å². The molecular formula is C13H14N2O. The third-order valence-electron chi connectivity index (χ3n) is 2.96. The Balaban J connectivity index is 1.93. The van der Waals surface area contributed by atoms with Crippen molar-refractivity contribution in [3.05, 3.63) is 35.9 Å². The van der Waals surface area contributed by atoms with Gasteiger partial charge in [-0.1, -0.05) is 30.3 Å². The van der Waals surface area contributed by atoms with Gasteiger partial charge >= 0.3 is 0 Å². The van der Waals surface area contributed by atoms with E-state index in [-0.39, 0.29) is 17.7 Å². The van der Waals surface area contributed by atoms with Crippen molar-refractivity contribution in [1.82, 2.24) is 5.32 Å². The Kier molecular flexibility index (Phi) is 3.33. The quantitative estimate of drug-likeness (QED) is 0.825. The van der Waals surface area contributed by atoms with Gasteiger partial charge in [0.15, 0.2) is 0 Å². The molecule has 16 heavy (non-hydrogen) atoms. The number of nitrogens with zero attached hydrogens (tertiary/aromatic N) is 1. The lowest BCUT2D eigenvalue weighted by atomic mass is 9.96. The topological polar surface area (TPSA) is 52.9 Å². The van der Waals surface area contributed by atoms with Crippen LogP contribution in [0.2, 0.25) is 0 Å². The zero-order valence-corrected chi connectivity index (χ0v) is 9.02. The van der Waals surface area contributed by atoms with Gasteiger partial charge in [0.2, 0.25) is 0 Å². The van der Waals surface area contributed by atoms with E-state index < -0.39 is 0 Å². The number of ketones is 1. The fraction of sp³-hybridized carbons (Fsp3) is 0.385. The van der Waals surface area contributed by atoms with Crippen molar-refractivity contribution in [1.29, 1.82) is 5.26 Å². The smallest absolute Gasteiger partial charge is 0.141 e. The van der Waals surface area contributed by atoms with Gasteiger partial charge in [-0.15, -0.1) is 0 Å². The summed E-state index contributed by atoms with van der Waals surface area (Å²) in [6, 6.07) is 11.7. The molecule has 1 aliphatic heterocycles. The van der Waals surface area contributed by atoms with Gasteiger partial charge in [0, 0.05) is 18.9 Å². The van der Waals surface area contributed by atoms with Gasteiger partial charge in [-0.05, 0) is 12.0 Å². The van der Waals surface area contributed by atoms with Gasteiger partial charge in [0.25, 0.3) is 0 Å². The average Bonchev–Trinajstić information content (AvgIpc) is 2.79. The summed E-state index contributed by atoms with van der Waals surface area (Å²) in [6.07, 6.45) is 1.13. The van der Waals surface area contributed by atoms with Crippen LogP contribution in [0.25, 0.3) is 0 Å². The molecule has 3 heteroatoms. The second kappa shape index (κ2) is 4.91. The molecule has 0 saturated carbocycles. The third-order valence-corrected chi connectivity index (χ3v) is 2.96. The Bertz CT molecular complexity index is 408. The zero-order valence-electron chi connectivity index (χ0n) is 9.02. The van der Waals surface area contributed by atoms with Gasteiger partial charge in [-0.2, -0.15) is 5.26 Å². The van der Waals surface area contributed by atoms with E-state index in [2.05, 4.69) is 11.4 Å². The first-order chi connectivity index (χ1) is 7.79. The van der Waals surface area contributed by atoms with E-state index in [4.69, 9.17) is 5.26 Å². The summed E-state index contributed by atoms with van der Waals surface area (Å²) in [5.74, 6) is 0.237. The highest BCUT2D eigenvalue weighted by Crippen LogP contribution is 2.16. The Hall–Kier alpha value is -1.66. The number of rotatable bonds is 3. The van der Waals surface area contributed by atoms with Crippen molar-refractivity contribution in [2.75, 3.05) is 6.54 Å². The van der Waals surface area contributed by atoms with Crippen molar-refractivity contribution < 1.29 is 4.79 Å². The SMILES string of the molecule is N#CC1CC(C(=O)Cc2ccccc2)CN1. The number of hydrogen-bond donors (Lipinski definition) is 1. The van der Waals surface area contributed by atoms with E-state index in [0.717, 1.165) is 5.56 Å². The molecule has 2 rings (SSSR count). The highest BCUT2D eigenvalue weighted by Gasteiger charge is 2.28. The first-order valence-electron chi connectivity index (χ1n) is 5.49. The van der Waals surface area contributed by atoms with Gasteiger partial charge < -0.3 is 5.32 Å². The summed E-state index contributed by atoms with van der Waals surface area (Å²) in [7, 11) is 0. The summed E-state index contributed by atoms with van der Waals surface area (Å²) in [4.78, 5) is 11.9. The summed E-state index contributed by atoms with van der Waals surface area (Å²) >= 11 is 0. The van der Waals surface area contributed by atoms with Crippen molar-refractivity contribution in [2.45, 2.75) is 18.9 Å². The van der Waals surface area contributed by atoms with Gasteiger partial charge in [-0.3, -0.25) is 4.79 Å². The molecule has 0 aromatic heterocycles. The lowest BCUT2D eigenvalue weighted by molar-refractivity contribution is -0.121. The second-order valence-corrected chi connectivity index (χ2v) is 4.15. The van der Waals surface area contributed by atoms with E-state index in [0.29, 0.717) is 19.4 Å². The van der Waals surface area contributed by atoms with Crippen molar-refractivity contribution in [3.8, 4) is 6.07 Å². The molecule has 3 nitrogen and oxygen atoms in total. The molecule has 0 radical (unpaired) electrons. The molecular weight excluding hydrogens is 200 g/mol. The van der Waals surface area contributed by atoms with Crippen LogP contribution in [0.1, 0.15) is 12.0 Å². The number of Topliss-reactive ketones (excluding diaryl/α,β-unsaturated/α-hetero) is 1. The van der Waals surface area contributed by atoms with Gasteiger partial charge in [-0.25, -0.2) is 0 Å². The minimum atomic E-state index is -0.148. The summed E-state index contributed by atoms with van der Waals surface area (Å²) in [5.41, 5.74) is 1.05. The summed E-state index contributed by atoms with van der Waals surface area (Å²) in [6.45, 7) is 0.643. The number of nitrogens with one attached hydrogen (secondary N) is 1. The van der Waals surface area contributed by atoms with Crippen LogP contribution in [0.5, 0.6) is 0 Å². The Labute approximate surface area is 95.1 Å². The third kappa shape index (κ3) is 2.47. The van der Waals surface area contributed by atoms with Gasteiger partial charge in [0.1, 0.15) is 5.78 Å². The molecule has 2 atom stereocenters. The largest absolute Gasteiger partial charge is 0.301 e. The van der Waals surface area contributed by atoms with Crippen LogP contribution >= 0.6 is 0 Å². The number of benzene rings is 1. The van der Waals surface area contributed by atoms with Crippen LogP contribution in [-0.2, 0) is 11.2 Å².